The van der Waals surface area contributed by atoms with Crippen molar-refractivity contribution in [3.63, 3.8) is 0 Å². The van der Waals surface area contributed by atoms with E-state index in [9.17, 15) is 4.79 Å². The number of aromatic nitrogens is 1. The number of carbonyl (C=O) groups is 1. The molecule has 0 aliphatic carbocycles. The maximum atomic E-state index is 11.9. The van der Waals surface area contributed by atoms with Gasteiger partial charge in [-0.3, -0.25) is 0 Å². The average molecular weight is 413 g/mol. The van der Waals surface area contributed by atoms with Crippen molar-refractivity contribution in [1.29, 1.82) is 0 Å². The second-order valence-corrected chi connectivity index (χ2v) is 8.38. The van der Waals surface area contributed by atoms with Crippen molar-refractivity contribution in [3.8, 4) is 5.75 Å². The van der Waals surface area contributed by atoms with Gasteiger partial charge in [-0.05, 0) is 39.0 Å². The Hall–Kier alpha value is -1.92. The molecule has 0 N–H and O–H groups in total. The van der Waals surface area contributed by atoms with Crippen LogP contribution in [0.15, 0.2) is 28.8 Å². The van der Waals surface area contributed by atoms with Crippen molar-refractivity contribution in [1.82, 2.24) is 9.88 Å². The fourth-order valence-electron chi connectivity index (χ4n) is 2.70. The summed E-state index contributed by atoms with van der Waals surface area (Å²) in [6.45, 7) is 7.06. The number of rotatable bonds is 5. The molecule has 0 saturated carbocycles. The number of likely N-dealkylation sites (tertiary alicyclic amines) is 1. The molecule has 1 aliphatic heterocycles. The molecule has 0 radical (unpaired) electrons. The monoisotopic (exact) mass is 412 g/mol. The third-order valence-electron chi connectivity index (χ3n) is 3.95. The van der Waals surface area contributed by atoms with Gasteiger partial charge in [0, 0.05) is 30.5 Å². The fourth-order valence-corrected chi connectivity index (χ4v) is 3.16. The van der Waals surface area contributed by atoms with Crippen LogP contribution in [0.2, 0.25) is 10.0 Å². The van der Waals surface area contributed by atoms with Gasteiger partial charge in [-0.25, -0.2) is 9.78 Å². The highest BCUT2D eigenvalue weighted by atomic mass is 35.5. The standard InChI is InChI=1S/C19H22Cl2N2O4/c1-19(2,3)27-18(24)23-9-12(10-23)6-14-8-22-17(26-14)11-25-16-5-4-13(20)7-15(16)21/h4-5,7-8,12H,6,9-11H2,1-3H3. The Bertz CT molecular complexity index is 810. The smallest absolute Gasteiger partial charge is 0.410 e. The van der Waals surface area contributed by atoms with Crippen LogP contribution >= 0.6 is 23.2 Å². The molecule has 1 fully saturated rings. The predicted molar refractivity (Wildman–Crippen MR) is 102 cm³/mol. The summed E-state index contributed by atoms with van der Waals surface area (Å²) >= 11 is 11.9. The first-order valence-electron chi connectivity index (χ1n) is 8.69. The Morgan fingerprint density at radius 2 is 2.07 bits per heavy atom. The molecule has 0 spiro atoms. The minimum atomic E-state index is -0.477. The van der Waals surface area contributed by atoms with Gasteiger partial charge in [-0.1, -0.05) is 23.2 Å². The highest BCUT2D eigenvalue weighted by Gasteiger charge is 2.34. The van der Waals surface area contributed by atoms with E-state index in [1.807, 2.05) is 20.8 Å². The average Bonchev–Trinajstić information content (AvgIpc) is 2.95. The number of benzene rings is 1. The van der Waals surface area contributed by atoms with E-state index >= 15 is 0 Å². The summed E-state index contributed by atoms with van der Waals surface area (Å²) < 4.78 is 16.7. The van der Waals surface area contributed by atoms with Crippen molar-refractivity contribution < 1.29 is 18.7 Å². The molecule has 1 aromatic carbocycles. The van der Waals surface area contributed by atoms with Crippen molar-refractivity contribution in [2.45, 2.75) is 39.4 Å². The van der Waals surface area contributed by atoms with E-state index in [4.69, 9.17) is 37.1 Å². The summed E-state index contributed by atoms with van der Waals surface area (Å²) in [6, 6.07) is 5.03. The van der Waals surface area contributed by atoms with Crippen LogP contribution in [0.3, 0.4) is 0 Å². The van der Waals surface area contributed by atoms with Crippen LogP contribution in [0.1, 0.15) is 32.4 Å². The quantitative estimate of drug-likeness (QED) is 0.693. The summed E-state index contributed by atoms with van der Waals surface area (Å²) in [6.07, 6.45) is 2.14. The first kappa shape index (κ1) is 19.8. The Kier molecular flexibility index (Phi) is 5.86. The fraction of sp³-hybridized carbons (Fsp3) is 0.474. The van der Waals surface area contributed by atoms with Crippen LogP contribution in [-0.2, 0) is 17.8 Å². The van der Waals surface area contributed by atoms with Crippen LogP contribution in [0, 0.1) is 5.92 Å². The maximum Gasteiger partial charge on any atom is 0.410 e. The second kappa shape index (κ2) is 7.98. The lowest BCUT2D eigenvalue weighted by atomic mass is 9.96. The molecule has 146 valence electrons. The molecule has 1 amide bonds. The number of hydrogen-bond donors (Lipinski definition) is 0. The Morgan fingerprint density at radius 3 is 2.74 bits per heavy atom. The number of hydrogen-bond acceptors (Lipinski definition) is 5. The molecular formula is C19H22Cl2N2O4. The van der Waals surface area contributed by atoms with Gasteiger partial charge in [0.05, 0.1) is 11.2 Å². The second-order valence-electron chi connectivity index (χ2n) is 7.54. The van der Waals surface area contributed by atoms with Crippen LogP contribution in [0.4, 0.5) is 4.79 Å². The molecule has 0 bridgehead atoms. The lowest BCUT2D eigenvalue weighted by Gasteiger charge is -2.39. The maximum absolute atomic E-state index is 11.9. The van der Waals surface area contributed by atoms with Crippen LogP contribution in [-0.4, -0.2) is 34.7 Å². The zero-order valence-corrected chi connectivity index (χ0v) is 17.0. The predicted octanol–water partition coefficient (Wildman–Crippen LogP) is 4.97. The van der Waals surface area contributed by atoms with Crippen LogP contribution < -0.4 is 4.74 Å². The zero-order valence-electron chi connectivity index (χ0n) is 15.5. The Morgan fingerprint density at radius 1 is 1.33 bits per heavy atom. The van der Waals surface area contributed by atoms with Gasteiger partial charge in [-0.2, -0.15) is 0 Å². The van der Waals surface area contributed by atoms with E-state index in [-0.39, 0.29) is 12.7 Å². The number of amides is 1. The molecule has 8 heteroatoms. The summed E-state index contributed by atoms with van der Waals surface area (Å²) in [5, 5.41) is 0.984. The van der Waals surface area contributed by atoms with Crippen LogP contribution in [0.5, 0.6) is 5.75 Å². The summed E-state index contributed by atoms with van der Waals surface area (Å²) in [7, 11) is 0. The topological polar surface area (TPSA) is 64.8 Å². The molecule has 1 saturated heterocycles. The summed E-state index contributed by atoms with van der Waals surface area (Å²) in [4.78, 5) is 17.9. The lowest BCUT2D eigenvalue weighted by Crippen LogP contribution is -2.52. The molecule has 0 unspecified atom stereocenters. The van der Waals surface area contributed by atoms with Gasteiger partial charge < -0.3 is 18.8 Å². The molecule has 1 aliphatic rings. The first-order valence-corrected chi connectivity index (χ1v) is 9.44. The zero-order chi connectivity index (χ0) is 19.6. The third kappa shape index (κ3) is 5.53. The number of nitrogens with zero attached hydrogens (tertiary/aromatic N) is 2. The number of carbonyl (C=O) groups excluding carboxylic acids is 1. The van der Waals surface area contributed by atoms with Crippen molar-refractivity contribution in [2.24, 2.45) is 5.92 Å². The van der Waals surface area contributed by atoms with E-state index in [0.29, 0.717) is 47.1 Å². The highest BCUT2D eigenvalue weighted by molar-refractivity contribution is 6.35. The van der Waals surface area contributed by atoms with Gasteiger partial charge in [0.1, 0.15) is 17.1 Å². The molecule has 27 heavy (non-hydrogen) atoms. The minimum absolute atomic E-state index is 0.177. The third-order valence-corrected chi connectivity index (χ3v) is 4.48. The summed E-state index contributed by atoms with van der Waals surface area (Å²) in [5.41, 5.74) is -0.477. The highest BCUT2D eigenvalue weighted by Crippen LogP contribution is 2.28. The van der Waals surface area contributed by atoms with Crippen LogP contribution in [0.25, 0.3) is 0 Å². The normalized spacial score (nSPS) is 14.8. The molecule has 3 rings (SSSR count). The van der Waals surface area contributed by atoms with E-state index in [1.54, 1.807) is 29.3 Å². The van der Waals surface area contributed by atoms with Gasteiger partial charge in [0.25, 0.3) is 0 Å². The Labute approximate surface area is 168 Å². The first-order chi connectivity index (χ1) is 12.7. The summed E-state index contributed by atoms with van der Waals surface area (Å²) in [5.74, 6) is 2.10. The van der Waals surface area contributed by atoms with E-state index in [0.717, 1.165) is 5.76 Å². The van der Waals surface area contributed by atoms with Gasteiger partial charge in [0.2, 0.25) is 5.89 Å². The molecule has 2 aromatic rings. The minimum Gasteiger partial charge on any atom is -0.482 e. The largest absolute Gasteiger partial charge is 0.482 e. The number of halogens is 2. The number of ether oxygens (including phenoxy) is 2. The number of oxazole rings is 1. The van der Waals surface area contributed by atoms with E-state index in [1.165, 1.54) is 0 Å². The Balaban J connectivity index is 1.45. The van der Waals surface area contributed by atoms with Crippen molar-refractivity contribution in [2.75, 3.05) is 13.1 Å². The van der Waals surface area contributed by atoms with Gasteiger partial charge in [-0.15, -0.1) is 0 Å². The molecule has 1 aromatic heterocycles. The van der Waals surface area contributed by atoms with Gasteiger partial charge in [0.15, 0.2) is 6.61 Å². The van der Waals surface area contributed by atoms with Gasteiger partial charge >= 0.3 is 6.09 Å². The molecule has 0 atom stereocenters. The SMILES string of the molecule is CC(C)(C)OC(=O)N1CC(Cc2cnc(COc3ccc(Cl)cc3Cl)o2)C1. The molecular weight excluding hydrogens is 391 g/mol. The van der Waals surface area contributed by atoms with E-state index in [2.05, 4.69) is 4.98 Å². The van der Waals surface area contributed by atoms with E-state index < -0.39 is 5.60 Å². The molecule has 2 heterocycles. The van der Waals surface area contributed by atoms with Crippen molar-refractivity contribution in [3.05, 3.63) is 46.1 Å². The molecule has 6 nitrogen and oxygen atoms in total. The van der Waals surface area contributed by atoms with Crippen molar-refractivity contribution >= 4 is 29.3 Å². The lowest BCUT2D eigenvalue weighted by molar-refractivity contribution is -0.00158.